The first-order chi connectivity index (χ1) is 21.3. The summed E-state index contributed by atoms with van der Waals surface area (Å²) in [5.74, 6) is -0.705. The first kappa shape index (κ1) is 41.4. The summed E-state index contributed by atoms with van der Waals surface area (Å²) in [4.78, 5) is 49.7. The minimum Gasteiger partial charge on any atom is -0.447 e. The molecule has 0 bridgehead atoms. The van der Waals surface area contributed by atoms with E-state index < -0.39 is 22.9 Å². The fraction of sp³-hybridized carbons (Fsp3) is 0.529. The van der Waals surface area contributed by atoms with Crippen LogP contribution >= 0.6 is 0 Å². The molecule has 0 spiro atoms. The highest BCUT2D eigenvalue weighted by Gasteiger charge is 2.25. The second-order valence-electron chi connectivity index (χ2n) is 11.2. The number of benzene rings is 2. The van der Waals surface area contributed by atoms with Crippen molar-refractivity contribution in [2.24, 2.45) is 5.92 Å². The molecule has 10 nitrogen and oxygen atoms in total. The van der Waals surface area contributed by atoms with Crippen molar-refractivity contribution < 1.29 is 33.2 Å². The van der Waals surface area contributed by atoms with Crippen LogP contribution in [0.25, 0.3) is 0 Å². The number of alkyl carbamates (subject to hydrolysis) is 1. The van der Waals surface area contributed by atoms with Gasteiger partial charge in [-0.05, 0) is 44.6 Å². The van der Waals surface area contributed by atoms with Gasteiger partial charge < -0.3 is 25.8 Å². The topological polar surface area (TPSA) is 151 Å². The number of Topliss-reactive ketones (excluding diaryl/α,β-unsaturated/α-hetero) is 1. The quantitative estimate of drug-likeness (QED) is 0.209. The SMILES string of the molecule is CC(C)OC(=O)NCC(=O)NC(CCCC(=O)NC(C(=O)c1ccccc1)C(C)C)Cc1ccccc1.CC(C)S(C)=O.CO. The first-order valence-corrected chi connectivity index (χ1v) is 16.9. The molecule has 0 saturated heterocycles. The zero-order chi connectivity index (χ0) is 34.4. The molecule has 252 valence electrons. The highest BCUT2D eigenvalue weighted by molar-refractivity contribution is 7.84. The summed E-state index contributed by atoms with van der Waals surface area (Å²) in [6, 6.07) is 17.9. The Balaban J connectivity index is 0.00000216. The summed E-state index contributed by atoms with van der Waals surface area (Å²) >= 11 is 0. The highest BCUT2D eigenvalue weighted by atomic mass is 32.2. The summed E-state index contributed by atoms with van der Waals surface area (Å²) in [6.45, 7) is 10.9. The molecule has 3 atom stereocenters. The van der Waals surface area contributed by atoms with Gasteiger partial charge in [-0.15, -0.1) is 0 Å². The third kappa shape index (κ3) is 19.4. The highest BCUT2D eigenvalue weighted by Crippen LogP contribution is 2.13. The Bertz CT molecular complexity index is 1160. The molecule has 0 fully saturated rings. The number of rotatable bonds is 15. The van der Waals surface area contributed by atoms with Gasteiger partial charge in [0.05, 0.1) is 12.1 Å². The van der Waals surface area contributed by atoms with Crippen molar-refractivity contribution in [2.75, 3.05) is 19.9 Å². The molecule has 45 heavy (non-hydrogen) atoms. The van der Waals surface area contributed by atoms with Crippen molar-refractivity contribution in [1.29, 1.82) is 0 Å². The number of hydrogen-bond donors (Lipinski definition) is 4. The van der Waals surface area contributed by atoms with Crippen LogP contribution in [0.1, 0.15) is 76.7 Å². The zero-order valence-corrected chi connectivity index (χ0v) is 28.8. The Morgan fingerprint density at radius 3 is 1.84 bits per heavy atom. The largest absolute Gasteiger partial charge is 0.447 e. The monoisotopic (exact) mass is 647 g/mol. The maximum absolute atomic E-state index is 12.9. The standard InChI is InChI=1S/C29H39N3O5.C4H10OS.CH4O/c1-20(2)27(28(35)23-14-9-6-10-15-23)32-25(33)17-11-16-24(18-22-12-7-5-8-13-22)31-26(34)19-30-29(36)37-21(3)4;1-4(2)6(3)5;1-2/h5-10,12-15,20-21,24,27H,11,16-19H2,1-4H3,(H,30,36)(H,31,34)(H,32,33);4H,1-3H3;2H,1H3. The normalized spacial score (nSPS) is 12.4. The number of ether oxygens (including phenoxy) is 1. The summed E-state index contributed by atoms with van der Waals surface area (Å²) in [6.07, 6.45) is 2.69. The number of ketones is 1. The number of carbonyl (C=O) groups is 4. The number of aliphatic hydroxyl groups is 1. The molecule has 3 unspecified atom stereocenters. The molecule has 0 aliphatic carbocycles. The molecule has 0 saturated carbocycles. The lowest BCUT2D eigenvalue weighted by Crippen LogP contribution is -2.45. The molecule has 11 heteroatoms. The van der Waals surface area contributed by atoms with E-state index in [-0.39, 0.29) is 48.6 Å². The Kier molecular flexibility index (Phi) is 21.9. The smallest absolute Gasteiger partial charge is 0.407 e. The number of amides is 3. The fourth-order valence-electron chi connectivity index (χ4n) is 3.88. The minimum absolute atomic E-state index is 0.0586. The van der Waals surface area contributed by atoms with Crippen LogP contribution in [0.4, 0.5) is 4.79 Å². The summed E-state index contributed by atoms with van der Waals surface area (Å²) in [5.41, 5.74) is 1.62. The maximum Gasteiger partial charge on any atom is 0.407 e. The van der Waals surface area contributed by atoms with Crippen LogP contribution in [-0.2, 0) is 31.5 Å². The molecule has 2 aromatic carbocycles. The van der Waals surface area contributed by atoms with Crippen LogP contribution < -0.4 is 16.0 Å². The van der Waals surface area contributed by atoms with Crippen LogP contribution in [0.3, 0.4) is 0 Å². The zero-order valence-electron chi connectivity index (χ0n) is 28.0. The lowest BCUT2D eigenvalue weighted by atomic mass is 9.94. The second kappa shape index (κ2) is 23.8. The Hall–Kier alpha value is -3.57. The van der Waals surface area contributed by atoms with Gasteiger partial charge in [-0.25, -0.2) is 4.79 Å². The summed E-state index contributed by atoms with van der Waals surface area (Å²) in [5, 5.41) is 15.6. The van der Waals surface area contributed by atoms with E-state index in [0.717, 1.165) is 12.7 Å². The number of hydrogen-bond acceptors (Lipinski definition) is 7. The molecular weight excluding hydrogens is 594 g/mol. The lowest BCUT2D eigenvalue weighted by molar-refractivity contribution is -0.122. The Labute approximate surface area is 271 Å². The van der Waals surface area contributed by atoms with Crippen LogP contribution in [0, 0.1) is 5.92 Å². The van der Waals surface area contributed by atoms with Crippen molar-refractivity contribution in [1.82, 2.24) is 16.0 Å². The summed E-state index contributed by atoms with van der Waals surface area (Å²) < 4.78 is 15.2. The van der Waals surface area contributed by atoms with E-state index in [1.165, 1.54) is 0 Å². The van der Waals surface area contributed by atoms with E-state index in [1.54, 1.807) is 44.4 Å². The third-order valence-electron chi connectivity index (χ3n) is 6.37. The second-order valence-corrected chi connectivity index (χ2v) is 13.2. The van der Waals surface area contributed by atoms with Crippen molar-refractivity contribution in [3.63, 3.8) is 0 Å². The maximum atomic E-state index is 12.9. The third-order valence-corrected chi connectivity index (χ3v) is 7.70. The summed E-state index contributed by atoms with van der Waals surface area (Å²) in [7, 11) is 0.383. The molecule has 2 aromatic rings. The van der Waals surface area contributed by atoms with Crippen molar-refractivity contribution in [3.8, 4) is 0 Å². The van der Waals surface area contributed by atoms with Crippen molar-refractivity contribution >= 4 is 34.5 Å². The van der Waals surface area contributed by atoms with Gasteiger partial charge in [0.25, 0.3) is 0 Å². The molecule has 0 heterocycles. The van der Waals surface area contributed by atoms with Crippen LogP contribution in [0.15, 0.2) is 60.7 Å². The number of aliphatic hydroxyl groups excluding tert-OH is 1. The van der Waals surface area contributed by atoms with Crippen molar-refractivity contribution in [3.05, 3.63) is 71.8 Å². The van der Waals surface area contributed by atoms with Gasteiger partial charge in [-0.1, -0.05) is 88.4 Å². The van der Waals surface area contributed by atoms with E-state index in [2.05, 4.69) is 16.0 Å². The molecule has 2 rings (SSSR count). The molecule has 0 aromatic heterocycles. The molecular formula is C34H53N3O7S. The van der Waals surface area contributed by atoms with E-state index in [1.807, 2.05) is 64.1 Å². The van der Waals surface area contributed by atoms with Crippen LogP contribution in [-0.4, -0.2) is 76.4 Å². The fourth-order valence-corrected chi connectivity index (χ4v) is 3.88. The van der Waals surface area contributed by atoms with Crippen LogP contribution in [0.2, 0.25) is 0 Å². The molecule has 4 N–H and O–H groups in total. The average Bonchev–Trinajstić information content (AvgIpc) is 3.00. The Morgan fingerprint density at radius 2 is 1.36 bits per heavy atom. The van der Waals surface area contributed by atoms with Gasteiger partial charge >= 0.3 is 6.09 Å². The molecule has 0 radical (unpaired) electrons. The van der Waals surface area contributed by atoms with Crippen molar-refractivity contribution in [2.45, 2.75) is 90.7 Å². The van der Waals surface area contributed by atoms with E-state index >= 15 is 0 Å². The first-order valence-electron chi connectivity index (χ1n) is 15.2. The molecule has 0 aliphatic heterocycles. The predicted octanol–water partition coefficient (Wildman–Crippen LogP) is 4.42. The van der Waals surface area contributed by atoms with Gasteiger partial charge in [-0.2, -0.15) is 0 Å². The average molecular weight is 648 g/mol. The predicted molar refractivity (Wildman–Crippen MR) is 180 cm³/mol. The van der Waals surface area contributed by atoms with Gasteiger partial charge in [0.1, 0.15) is 6.54 Å². The van der Waals surface area contributed by atoms with E-state index in [4.69, 9.17) is 9.84 Å². The van der Waals surface area contributed by atoms with Crippen LogP contribution in [0.5, 0.6) is 0 Å². The molecule has 3 amide bonds. The van der Waals surface area contributed by atoms with Gasteiger partial charge in [-0.3, -0.25) is 18.6 Å². The lowest BCUT2D eigenvalue weighted by Gasteiger charge is -2.22. The number of nitrogens with one attached hydrogen (secondary N) is 3. The minimum atomic E-state index is -0.647. The number of carbonyl (C=O) groups excluding carboxylic acids is 4. The van der Waals surface area contributed by atoms with E-state index in [0.29, 0.717) is 30.1 Å². The van der Waals surface area contributed by atoms with E-state index in [9.17, 15) is 23.4 Å². The molecule has 0 aliphatic rings. The van der Waals surface area contributed by atoms with Gasteiger partial charge in [0.2, 0.25) is 11.8 Å². The Morgan fingerprint density at radius 1 is 0.822 bits per heavy atom. The van der Waals surface area contributed by atoms with Gasteiger partial charge in [0.15, 0.2) is 5.78 Å². The van der Waals surface area contributed by atoms with Gasteiger partial charge in [0, 0.05) is 47.4 Å².